The second-order valence-corrected chi connectivity index (χ2v) is 10.6. The van der Waals surface area contributed by atoms with Crippen LogP contribution < -0.4 is 0 Å². The lowest BCUT2D eigenvalue weighted by Gasteiger charge is -2.62. The van der Waals surface area contributed by atoms with E-state index >= 15 is 0 Å². The predicted molar refractivity (Wildman–Crippen MR) is 102 cm³/mol. The van der Waals surface area contributed by atoms with Gasteiger partial charge in [0.25, 0.3) is 0 Å². The van der Waals surface area contributed by atoms with Crippen molar-refractivity contribution in [1.29, 1.82) is 0 Å². The molecule has 2 heteroatoms. The third kappa shape index (κ3) is 2.81. The molecule has 25 heavy (non-hydrogen) atoms. The number of hydrogen-bond donors (Lipinski definition) is 2. The zero-order valence-corrected chi connectivity index (χ0v) is 16.6. The van der Waals surface area contributed by atoms with Gasteiger partial charge in [0, 0.05) is 6.61 Å². The molecule has 144 valence electrons. The van der Waals surface area contributed by atoms with E-state index in [1.165, 1.54) is 57.8 Å². The molecule has 4 aliphatic rings. The van der Waals surface area contributed by atoms with Crippen molar-refractivity contribution in [1.82, 2.24) is 0 Å². The van der Waals surface area contributed by atoms with Gasteiger partial charge in [-0.05, 0) is 98.2 Å². The van der Waals surface area contributed by atoms with Gasteiger partial charge in [-0.15, -0.1) is 0 Å². The number of rotatable bonds is 4. The molecule has 0 heterocycles. The molecule has 8 unspecified atom stereocenters. The van der Waals surface area contributed by atoms with Gasteiger partial charge in [-0.25, -0.2) is 0 Å². The fourth-order valence-corrected chi connectivity index (χ4v) is 8.50. The van der Waals surface area contributed by atoms with Crippen LogP contribution in [0.5, 0.6) is 0 Å². The van der Waals surface area contributed by atoms with Crippen molar-refractivity contribution in [3.63, 3.8) is 0 Å². The van der Waals surface area contributed by atoms with Gasteiger partial charge in [0.05, 0.1) is 6.10 Å². The van der Waals surface area contributed by atoms with Crippen LogP contribution in [-0.4, -0.2) is 22.9 Å². The first-order valence-corrected chi connectivity index (χ1v) is 11.3. The fourth-order valence-electron chi connectivity index (χ4n) is 8.50. The first kappa shape index (κ1) is 18.3. The van der Waals surface area contributed by atoms with Crippen LogP contribution in [0.25, 0.3) is 0 Å². The zero-order valence-electron chi connectivity index (χ0n) is 16.6. The number of aliphatic hydroxyl groups is 2. The normalized spacial score (nSPS) is 52.3. The smallest absolute Gasteiger partial charge is 0.0581 e. The highest BCUT2D eigenvalue weighted by Gasteiger charge is 2.62. The van der Waals surface area contributed by atoms with Crippen LogP contribution in [0.3, 0.4) is 0 Å². The highest BCUT2D eigenvalue weighted by Crippen LogP contribution is 2.67. The Labute approximate surface area is 154 Å². The molecular weight excluding hydrogens is 308 g/mol. The minimum atomic E-state index is -0.0735. The summed E-state index contributed by atoms with van der Waals surface area (Å²) in [4.78, 5) is 0. The van der Waals surface area contributed by atoms with Gasteiger partial charge in [-0.2, -0.15) is 0 Å². The molecule has 4 rings (SSSR count). The Balaban J connectivity index is 1.56. The Bertz CT molecular complexity index is 477. The molecule has 4 fully saturated rings. The third-order valence-corrected chi connectivity index (χ3v) is 9.67. The average molecular weight is 349 g/mol. The van der Waals surface area contributed by atoms with E-state index in [1.807, 2.05) is 0 Å². The van der Waals surface area contributed by atoms with Gasteiger partial charge in [-0.3, -0.25) is 0 Å². The molecule has 0 aliphatic heterocycles. The van der Waals surface area contributed by atoms with Crippen LogP contribution >= 0.6 is 0 Å². The standard InChI is InChI=1S/C23H40O2/c1-22-13-5-3-7-16(22)9-11-18-19-12-10-17(8-4-6-14-24)23(19,2)15-20(25)21(18)22/h16-21,24-25H,3-15H2,1-2H3. The molecule has 4 aliphatic carbocycles. The average Bonchev–Trinajstić information content (AvgIpc) is 2.90. The van der Waals surface area contributed by atoms with Crippen molar-refractivity contribution >= 4 is 0 Å². The van der Waals surface area contributed by atoms with Crippen molar-refractivity contribution in [2.75, 3.05) is 6.61 Å². The van der Waals surface area contributed by atoms with E-state index in [0.717, 1.165) is 42.9 Å². The molecule has 8 atom stereocenters. The first-order chi connectivity index (χ1) is 12.0. The number of hydrogen-bond acceptors (Lipinski definition) is 2. The first-order valence-electron chi connectivity index (χ1n) is 11.3. The summed E-state index contributed by atoms with van der Waals surface area (Å²) in [7, 11) is 0. The topological polar surface area (TPSA) is 40.5 Å². The van der Waals surface area contributed by atoms with E-state index < -0.39 is 0 Å². The highest BCUT2D eigenvalue weighted by molar-refractivity contribution is 5.11. The van der Waals surface area contributed by atoms with Gasteiger partial charge < -0.3 is 10.2 Å². The number of fused-ring (bicyclic) bond motifs is 5. The maximum absolute atomic E-state index is 11.4. The van der Waals surface area contributed by atoms with Gasteiger partial charge in [0.15, 0.2) is 0 Å². The summed E-state index contributed by atoms with van der Waals surface area (Å²) in [5.41, 5.74) is 0.769. The van der Waals surface area contributed by atoms with Crippen LogP contribution in [0.1, 0.15) is 90.9 Å². The van der Waals surface area contributed by atoms with E-state index in [0.29, 0.717) is 23.4 Å². The maximum Gasteiger partial charge on any atom is 0.0581 e. The van der Waals surface area contributed by atoms with Crippen LogP contribution in [0.4, 0.5) is 0 Å². The quantitative estimate of drug-likeness (QED) is 0.688. The van der Waals surface area contributed by atoms with Crippen molar-refractivity contribution < 1.29 is 10.2 Å². The Kier molecular flexibility index (Phi) is 4.99. The number of unbranched alkanes of at least 4 members (excludes halogenated alkanes) is 1. The largest absolute Gasteiger partial charge is 0.396 e. The molecule has 4 saturated carbocycles. The Morgan fingerprint density at radius 2 is 1.76 bits per heavy atom. The lowest BCUT2D eigenvalue weighted by Crippen LogP contribution is -2.58. The van der Waals surface area contributed by atoms with Gasteiger partial charge in [0.2, 0.25) is 0 Å². The summed E-state index contributed by atoms with van der Waals surface area (Å²) in [5, 5.41) is 20.5. The molecule has 0 aromatic rings. The molecule has 0 radical (unpaired) electrons. The zero-order chi connectivity index (χ0) is 17.7. The lowest BCUT2D eigenvalue weighted by molar-refractivity contribution is -0.169. The summed E-state index contributed by atoms with van der Waals surface area (Å²) in [6, 6.07) is 0. The molecule has 2 N–H and O–H groups in total. The second kappa shape index (κ2) is 6.82. The van der Waals surface area contributed by atoms with Gasteiger partial charge in [-0.1, -0.05) is 33.1 Å². The number of aliphatic hydroxyl groups excluding tert-OH is 2. The summed E-state index contributed by atoms with van der Waals surface area (Å²) in [6.45, 7) is 5.40. The second-order valence-electron chi connectivity index (χ2n) is 10.6. The summed E-state index contributed by atoms with van der Waals surface area (Å²) in [5.74, 6) is 3.84. The molecule has 0 bridgehead atoms. The molecule has 2 nitrogen and oxygen atoms in total. The van der Waals surface area contributed by atoms with Crippen LogP contribution in [0.15, 0.2) is 0 Å². The van der Waals surface area contributed by atoms with E-state index in [9.17, 15) is 5.11 Å². The molecule has 0 spiro atoms. The van der Waals surface area contributed by atoms with Crippen molar-refractivity contribution in [2.24, 2.45) is 40.4 Å². The molecule has 0 saturated heterocycles. The highest BCUT2D eigenvalue weighted by atomic mass is 16.3. The molecule has 0 aromatic heterocycles. The van der Waals surface area contributed by atoms with Crippen LogP contribution in [0.2, 0.25) is 0 Å². The minimum absolute atomic E-state index is 0.0735. The fraction of sp³-hybridized carbons (Fsp3) is 1.00. The van der Waals surface area contributed by atoms with E-state index in [1.54, 1.807) is 0 Å². The summed E-state index contributed by atoms with van der Waals surface area (Å²) < 4.78 is 0. The van der Waals surface area contributed by atoms with E-state index in [4.69, 9.17) is 5.11 Å². The molecule has 0 amide bonds. The lowest BCUT2D eigenvalue weighted by atomic mass is 9.44. The molecule has 0 aromatic carbocycles. The maximum atomic E-state index is 11.4. The van der Waals surface area contributed by atoms with Crippen molar-refractivity contribution in [3.8, 4) is 0 Å². The van der Waals surface area contributed by atoms with Crippen molar-refractivity contribution in [3.05, 3.63) is 0 Å². The van der Waals surface area contributed by atoms with Crippen LogP contribution in [0, 0.1) is 40.4 Å². The summed E-state index contributed by atoms with van der Waals surface area (Å²) in [6.07, 6.45) is 15.5. The molecular formula is C23H40O2. The summed E-state index contributed by atoms with van der Waals surface area (Å²) >= 11 is 0. The SMILES string of the molecule is CC12CC(O)C3C(CCC4CCCCC43C)C1CCC2CCCCO. The van der Waals surface area contributed by atoms with E-state index in [-0.39, 0.29) is 6.10 Å². The van der Waals surface area contributed by atoms with Gasteiger partial charge in [0.1, 0.15) is 0 Å². The van der Waals surface area contributed by atoms with Crippen LogP contribution in [-0.2, 0) is 0 Å². The van der Waals surface area contributed by atoms with Gasteiger partial charge >= 0.3 is 0 Å². The predicted octanol–water partition coefficient (Wildman–Crippen LogP) is 5.17. The van der Waals surface area contributed by atoms with Crippen molar-refractivity contribution in [2.45, 2.75) is 97.0 Å². The minimum Gasteiger partial charge on any atom is -0.396 e. The Morgan fingerprint density at radius 3 is 2.56 bits per heavy atom. The Hall–Kier alpha value is -0.0800. The monoisotopic (exact) mass is 348 g/mol. The third-order valence-electron chi connectivity index (χ3n) is 9.67. The Morgan fingerprint density at radius 1 is 0.920 bits per heavy atom. The van der Waals surface area contributed by atoms with E-state index in [2.05, 4.69) is 13.8 Å².